The van der Waals surface area contributed by atoms with E-state index in [0.29, 0.717) is 0 Å². The van der Waals surface area contributed by atoms with Crippen LogP contribution in [0.25, 0.3) is 10.2 Å². The molecular weight excluding hydrogens is 337 g/mol. The fraction of sp³-hybridized carbons (Fsp3) is 0. The van der Waals surface area contributed by atoms with Gasteiger partial charge in [-0.15, -0.1) is 11.3 Å². The Hall–Kier alpha value is 0.0321. The number of hydrogen-bond acceptors (Lipinski definition) is 2. The van der Waals surface area contributed by atoms with Gasteiger partial charge in [0.05, 0.1) is 15.7 Å². The minimum absolute atomic E-state index is 0. The van der Waals surface area contributed by atoms with Crippen LogP contribution < -0.4 is 0 Å². The molecule has 0 fully saturated rings. The monoisotopic (exact) mass is 347 g/mol. The summed E-state index contributed by atoms with van der Waals surface area (Å²) in [4.78, 5) is 4.14. The number of rotatable bonds is 0. The van der Waals surface area contributed by atoms with Crippen molar-refractivity contribution in [3.63, 3.8) is 0 Å². The Labute approximate surface area is 83.3 Å². The molecule has 10 heavy (non-hydrogen) atoms. The maximum atomic E-state index is 4.14. The summed E-state index contributed by atoms with van der Waals surface area (Å²) in [6, 6.07) is 8.13. The Morgan fingerprint density at radius 3 is 2.80 bits per heavy atom. The van der Waals surface area contributed by atoms with E-state index in [-0.39, 0.29) is 27.3 Å². The average molecular weight is 346 g/mol. The molecule has 1 aromatic heterocycles. The van der Waals surface area contributed by atoms with Gasteiger partial charge in [0.2, 0.25) is 0 Å². The van der Waals surface area contributed by atoms with Gasteiger partial charge in [0, 0.05) is 0 Å². The van der Waals surface area contributed by atoms with Crippen LogP contribution in [-0.2, 0) is 0 Å². The smallest absolute Gasteiger partial charge is 0.0812 e. The fourth-order valence-electron chi connectivity index (χ4n) is 0.803. The summed E-state index contributed by atoms with van der Waals surface area (Å²) in [5.74, 6) is 0. The van der Waals surface area contributed by atoms with Crippen LogP contribution in [0.5, 0.6) is 0 Å². The van der Waals surface area contributed by atoms with E-state index in [1.807, 2.05) is 23.7 Å². The Bertz CT molecular complexity index is 288. The zero-order chi connectivity index (χ0) is 6.10. The first-order valence-electron chi connectivity index (χ1n) is 2.75. The summed E-state index contributed by atoms with van der Waals surface area (Å²) in [6.45, 7) is 0. The molecule has 0 aliphatic heterocycles. The number of hydrogen-bond donors (Lipinski definition) is 0. The third-order valence-corrected chi connectivity index (χ3v) is 2.05. The Morgan fingerprint density at radius 1 is 1.20 bits per heavy atom. The van der Waals surface area contributed by atoms with Gasteiger partial charge in [-0.1, -0.05) is 12.1 Å². The van der Waals surface area contributed by atoms with E-state index in [4.69, 9.17) is 0 Å². The van der Waals surface area contributed by atoms with E-state index in [0.717, 1.165) is 5.52 Å². The van der Waals surface area contributed by atoms with Crippen molar-refractivity contribution in [1.82, 2.24) is 4.98 Å². The molecule has 52 valence electrons. The Morgan fingerprint density at radius 2 is 2.00 bits per heavy atom. The van der Waals surface area contributed by atoms with Crippen LogP contribution in [0.2, 0.25) is 0 Å². The second-order valence-corrected chi connectivity index (χ2v) is 2.71. The molecule has 0 saturated carbocycles. The third-order valence-electron chi connectivity index (χ3n) is 1.24. The van der Waals surface area contributed by atoms with E-state index < -0.39 is 0 Å². The minimum Gasteiger partial charge on any atom is -0.245 e. The predicted octanol–water partition coefficient (Wildman–Crippen LogP) is 0.845. The number of fused-ring (bicyclic) bond motifs is 1. The van der Waals surface area contributed by atoms with Gasteiger partial charge in [-0.3, -0.25) is 0 Å². The molecule has 0 N–H and O–H groups in total. The third kappa shape index (κ3) is 1.37. The molecule has 2 rings (SSSR count). The number of nitrogens with zero attached hydrogens (tertiary/aromatic N) is 1. The number of aromatic nitrogens is 1. The first-order valence-corrected chi connectivity index (χ1v) is 3.63. The Kier molecular flexibility index (Phi) is 2.79. The maximum absolute atomic E-state index is 4.14. The molecule has 1 aromatic carbocycles. The van der Waals surface area contributed by atoms with Crippen LogP contribution in [0, 0.1) is 0 Å². The van der Waals surface area contributed by atoms with Crippen molar-refractivity contribution in [2.24, 2.45) is 0 Å². The van der Waals surface area contributed by atoms with Crippen molar-refractivity contribution >= 4 is 48.9 Å². The normalized spacial score (nSPS) is 9.20. The largest absolute Gasteiger partial charge is 0.245 e. The van der Waals surface area contributed by atoms with Gasteiger partial charge in [0.25, 0.3) is 0 Å². The van der Waals surface area contributed by atoms with E-state index in [1.165, 1.54) is 4.70 Å². The molecule has 0 bridgehead atoms. The second kappa shape index (κ2) is 3.43. The molecule has 2 aromatic rings. The van der Waals surface area contributed by atoms with Gasteiger partial charge in [-0.25, -0.2) is 4.98 Å². The average Bonchev–Trinajstić information content (AvgIpc) is 2.33. The molecule has 0 atom stereocenters. The van der Waals surface area contributed by atoms with Gasteiger partial charge in [0.15, 0.2) is 0 Å². The van der Waals surface area contributed by atoms with Crippen molar-refractivity contribution in [2.45, 2.75) is 0 Å². The summed E-state index contributed by atoms with van der Waals surface area (Å²) in [6.07, 6.45) is 0. The van der Waals surface area contributed by atoms with E-state index in [1.54, 1.807) is 11.3 Å². The molecule has 0 unspecified atom stereocenters. The van der Waals surface area contributed by atoms with Crippen molar-refractivity contribution in [3.8, 4) is 0 Å². The van der Waals surface area contributed by atoms with Crippen LogP contribution in [0.3, 0.4) is 0 Å². The summed E-state index contributed by atoms with van der Waals surface area (Å²) in [5, 5.41) is 0. The molecule has 0 aliphatic carbocycles. The van der Waals surface area contributed by atoms with Gasteiger partial charge in [-0.2, -0.15) is 0 Å². The molecule has 0 amide bonds. The quantitative estimate of drug-likeness (QED) is 0.645. The van der Waals surface area contributed by atoms with Gasteiger partial charge >= 0.3 is 27.3 Å². The molecule has 0 aliphatic rings. The van der Waals surface area contributed by atoms with E-state index >= 15 is 0 Å². The standard InChI is InChI=1S/C7H5NS.Pb.4H/c1-2-4-7-6(3-1)8-5-9-7;;;;;/h1-5H;;;;;. The van der Waals surface area contributed by atoms with Crippen molar-refractivity contribution in [1.29, 1.82) is 0 Å². The first kappa shape index (κ1) is 8.13. The van der Waals surface area contributed by atoms with Crippen molar-refractivity contribution < 1.29 is 0 Å². The van der Waals surface area contributed by atoms with Gasteiger partial charge < -0.3 is 0 Å². The molecule has 1 heterocycles. The molecule has 1 nitrogen and oxygen atoms in total. The van der Waals surface area contributed by atoms with Crippen LogP contribution in [0.1, 0.15) is 0 Å². The van der Waals surface area contributed by atoms with Crippen LogP contribution in [0.4, 0.5) is 0 Å². The number of thiazole rings is 1. The number of para-hydroxylation sites is 1. The summed E-state index contributed by atoms with van der Waals surface area (Å²) < 4.78 is 1.26. The van der Waals surface area contributed by atoms with Crippen molar-refractivity contribution in [2.75, 3.05) is 0 Å². The molecule has 0 spiro atoms. The maximum Gasteiger partial charge on any atom is 0.0812 e. The first-order chi connectivity index (χ1) is 4.47. The van der Waals surface area contributed by atoms with Gasteiger partial charge in [0.1, 0.15) is 0 Å². The molecule has 0 radical (unpaired) electrons. The summed E-state index contributed by atoms with van der Waals surface area (Å²) in [5.41, 5.74) is 2.97. The Balaban J connectivity index is 0.000000500. The van der Waals surface area contributed by atoms with Gasteiger partial charge in [-0.05, 0) is 12.1 Å². The number of benzene rings is 1. The fourth-order valence-corrected chi connectivity index (χ4v) is 1.48. The van der Waals surface area contributed by atoms with Crippen LogP contribution >= 0.6 is 11.3 Å². The zero-order valence-electron chi connectivity index (χ0n) is 4.74. The van der Waals surface area contributed by atoms with E-state index in [2.05, 4.69) is 11.1 Å². The van der Waals surface area contributed by atoms with Crippen LogP contribution in [-0.4, -0.2) is 32.3 Å². The molecule has 3 heteroatoms. The van der Waals surface area contributed by atoms with Crippen molar-refractivity contribution in [3.05, 3.63) is 29.8 Å². The minimum atomic E-state index is 0. The van der Waals surface area contributed by atoms with Crippen LogP contribution in [0.15, 0.2) is 29.8 Å². The summed E-state index contributed by atoms with van der Waals surface area (Å²) in [7, 11) is 0. The van der Waals surface area contributed by atoms with E-state index in [9.17, 15) is 0 Å². The SMILES string of the molecule is [PbH4].c1ccc2scnc2c1. The predicted molar refractivity (Wildman–Crippen MR) is 51.0 cm³/mol. The summed E-state index contributed by atoms with van der Waals surface area (Å²) >= 11 is 1.68. The molecular formula is C7H9NPbS. The second-order valence-electron chi connectivity index (χ2n) is 1.82. The molecule has 0 saturated heterocycles. The topological polar surface area (TPSA) is 12.9 Å². The zero-order valence-corrected chi connectivity index (χ0v) is 5.56.